The van der Waals surface area contributed by atoms with E-state index in [0.717, 1.165) is 16.7 Å². The Balaban J connectivity index is 1.31. The number of aromatic nitrogens is 4. The van der Waals surface area contributed by atoms with E-state index in [2.05, 4.69) is 20.8 Å². The van der Waals surface area contributed by atoms with Gasteiger partial charge in [0.1, 0.15) is 29.5 Å². The number of nitrogens with zero attached hydrogens (tertiary/aromatic N) is 5. The number of rotatable bonds is 10. The molecule has 0 radical (unpaired) electrons. The predicted octanol–water partition coefficient (Wildman–Crippen LogP) is 1.95. The van der Waals surface area contributed by atoms with E-state index in [-0.39, 0.29) is 30.5 Å². The van der Waals surface area contributed by atoms with Crippen LogP contribution in [0.2, 0.25) is 0 Å². The highest BCUT2D eigenvalue weighted by molar-refractivity contribution is 8.01. The number of hydrogen-bond donors (Lipinski definition) is 1. The van der Waals surface area contributed by atoms with Crippen LogP contribution in [0.15, 0.2) is 71.0 Å². The average molecular weight is 567 g/mol. The summed E-state index contributed by atoms with van der Waals surface area (Å²) in [7, 11) is 3.31. The van der Waals surface area contributed by atoms with E-state index in [9.17, 15) is 14.4 Å². The molecule has 0 unspecified atom stereocenters. The summed E-state index contributed by atoms with van der Waals surface area (Å²) in [5.41, 5.74) is 2.60. The number of esters is 1. The molecule has 0 bridgehead atoms. The standard InChI is InChI=1S/C26H26N6O5S2/c1-31-26(28-29-30-31)39-15-18-14-38-24-21(27-20(33)12-16-6-4-3-5-7-16)23(34)32(24)22(18)25(35)37-13-17-8-10-19(36-2)11-9-17/h3-11,21,24H,12-15H2,1-2H3,(H,27,33)/t21-,24-/m1/s1. The summed E-state index contributed by atoms with van der Waals surface area (Å²) in [5.74, 6) is 0.408. The minimum atomic E-state index is -0.715. The highest BCUT2D eigenvalue weighted by Gasteiger charge is 2.54. The van der Waals surface area contributed by atoms with Crippen LogP contribution in [0.1, 0.15) is 11.1 Å². The molecule has 3 heterocycles. The number of carbonyl (C=O) groups excluding carboxylic acids is 3. The summed E-state index contributed by atoms with van der Waals surface area (Å²) in [4.78, 5) is 40.8. The van der Waals surface area contributed by atoms with Crippen molar-refractivity contribution in [1.82, 2.24) is 30.4 Å². The fourth-order valence-corrected chi connectivity index (χ4v) is 6.56. The fourth-order valence-electron chi connectivity index (χ4n) is 4.22. The number of tetrazole rings is 1. The van der Waals surface area contributed by atoms with Gasteiger partial charge >= 0.3 is 5.97 Å². The Bertz CT molecular complexity index is 1400. The van der Waals surface area contributed by atoms with Gasteiger partial charge in [-0.1, -0.05) is 54.2 Å². The molecular weight excluding hydrogens is 540 g/mol. The summed E-state index contributed by atoms with van der Waals surface area (Å²) in [5, 5.41) is 14.5. The Morgan fingerprint density at radius 3 is 2.59 bits per heavy atom. The van der Waals surface area contributed by atoms with Crippen molar-refractivity contribution in [2.45, 2.75) is 29.6 Å². The zero-order chi connectivity index (χ0) is 27.4. The number of carbonyl (C=O) groups is 3. The number of nitrogens with one attached hydrogen (secondary N) is 1. The third-order valence-electron chi connectivity index (χ3n) is 6.25. The van der Waals surface area contributed by atoms with E-state index in [1.165, 1.54) is 28.4 Å². The Labute approximate surface area is 233 Å². The lowest BCUT2D eigenvalue weighted by atomic mass is 10.0. The first-order valence-corrected chi connectivity index (χ1v) is 14.1. The molecule has 1 N–H and O–H groups in total. The van der Waals surface area contributed by atoms with Crippen LogP contribution in [0.4, 0.5) is 0 Å². The van der Waals surface area contributed by atoms with Crippen LogP contribution in [0.25, 0.3) is 0 Å². The lowest BCUT2D eigenvalue weighted by Crippen LogP contribution is -2.70. The Morgan fingerprint density at radius 1 is 1.13 bits per heavy atom. The highest BCUT2D eigenvalue weighted by atomic mass is 32.2. The summed E-state index contributed by atoms with van der Waals surface area (Å²) >= 11 is 2.87. The quantitative estimate of drug-likeness (QED) is 0.221. The predicted molar refractivity (Wildman–Crippen MR) is 145 cm³/mol. The number of benzene rings is 2. The van der Waals surface area contributed by atoms with Crippen LogP contribution >= 0.6 is 23.5 Å². The number of ether oxygens (including phenoxy) is 2. The molecule has 2 aromatic carbocycles. The van der Waals surface area contributed by atoms with Gasteiger partial charge in [-0.3, -0.25) is 14.5 Å². The second-order valence-corrected chi connectivity index (χ2v) is 10.9. The van der Waals surface area contributed by atoms with E-state index in [1.807, 2.05) is 42.5 Å². The Kier molecular flexibility index (Phi) is 8.17. The molecule has 2 aliphatic heterocycles. The van der Waals surface area contributed by atoms with Gasteiger partial charge in [-0.25, -0.2) is 9.48 Å². The number of methoxy groups -OCH3 is 1. The van der Waals surface area contributed by atoms with Gasteiger partial charge in [-0.05, 0) is 39.3 Å². The first-order valence-electron chi connectivity index (χ1n) is 12.1. The molecule has 2 aliphatic rings. The number of amides is 2. The smallest absolute Gasteiger partial charge is 0.355 e. The lowest BCUT2D eigenvalue weighted by Gasteiger charge is -2.49. The maximum absolute atomic E-state index is 13.4. The molecule has 2 amide bonds. The summed E-state index contributed by atoms with van der Waals surface area (Å²) in [6.45, 7) is 0.0387. The van der Waals surface area contributed by atoms with Crippen LogP contribution in [-0.2, 0) is 39.2 Å². The second-order valence-electron chi connectivity index (χ2n) is 8.87. The maximum atomic E-state index is 13.4. The lowest BCUT2D eigenvalue weighted by molar-refractivity contribution is -0.153. The number of β-lactam (4-membered cyclic amide) rings is 1. The van der Waals surface area contributed by atoms with Gasteiger partial charge < -0.3 is 14.8 Å². The van der Waals surface area contributed by atoms with Gasteiger partial charge in [0.2, 0.25) is 11.1 Å². The van der Waals surface area contributed by atoms with Crippen molar-refractivity contribution in [2.24, 2.45) is 7.05 Å². The second kappa shape index (κ2) is 11.9. The normalized spacial score (nSPS) is 18.3. The van der Waals surface area contributed by atoms with Crippen LogP contribution < -0.4 is 10.1 Å². The van der Waals surface area contributed by atoms with Crippen molar-refractivity contribution in [1.29, 1.82) is 0 Å². The molecule has 5 rings (SSSR count). The van der Waals surface area contributed by atoms with E-state index in [4.69, 9.17) is 9.47 Å². The molecule has 1 fully saturated rings. The minimum Gasteiger partial charge on any atom is -0.497 e. The van der Waals surface area contributed by atoms with Gasteiger partial charge in [0.25, 0.3) is 5.91 Å². The molecule has 39 heavy (non-hydrogen) atoms. The van der Waals surface area contributed by atoms with Crippen LogP contribution in [-0.4, -0.2) is 72.9 Å². The summed E-state index contributed by atoms with van der Waals surface area (Å²) in [6.07, 6.45) is 0.169. The van der Waals surface area contributed by atoms with E-state index in [0.29, 0.717) is 22.4 Å². The molecule has 0 aliphatic carbocycles. The van der Waals surface area contributed by atoms with Crippen molar-refractivity contribution in [3.05, 3.63) is 77.0 Å². The third kappa shape index (κ3) is 5.93. The molecule has 3 aromatic rings. The van der Waals surface area contributed by atoms with E-state index in [1.54, 1.807) is 31.0 Å². The van der Waals surface area contributed by atoms with Gasteiger partial charge in [-0.15, -0.1) is 16.9 Å². The van der Waals surface area contributed by atoms with E-state index >= 15 is 0 Å². The number of aryl methyl sites for hydroxylation is 1. The first kappa shape index (κ1) is 26.8. The van der Waals surface area contributed by atoms with Crippen molar-refractivity contribution >= 4 is 41.3 Å². The molecule has 1 saturated heterocycles. The van der Waals surface area contributed by atoms with Gasteiger partial charge in [0.05, 0.1) is 13.5 Å². The van der Waals surface area contributed by atoms with Crippen LogP contribution in [0.5, 0.6) is 5.75 Å². The van der Waals surface area contributed by atoms with Crippen molar-refractivity contribution in [2.75, 3.05) is 18.6 Å². The Morgan fingerprint density at radius 2 is 1.90 bits per heavy atom. The van der Waals surface area contributed by atoms with Crippen molar-refractivity contribution in [3.8, 4) is 5.75 Å². The molecular formula is C26H26N6O5S2. The maximum Gasteiger partial charge on any atom is 0.355 e. The molecule has 13 heteroatoms. The molecule has 0 spiro atoms. The van der Waals surface area contributed by atoms with E-state index < -0.39 is 17.4 Å². The average Bonchev–Trinajstić information content (AvgIpc) is 3.38. The van der Waals surface area contributed by atoms with Crippen molar-refractivity contribution < 1.29 is 23.9 Å². The number of thioether (sulfide) groups is 2. The third-order valence-corrected chi connectivity index (χ3v) is 8.69. The molecule has 1 aromatic heterocycles. The topological polar surface area (TPSA) is 129 Å². The van der Waals surface area contributed by atoms with Crippen molar-refractivity contribution in [3.63, 3.8) is 0 Å². The monoisotopic (exact) mass is 566 g/mol. The summed E-state index contributed by atoms with van der Waals surface area (Å²) in [6, 6.07) is 15.8. The van der Waals surface area contributed by atoms with Gasteiger partial charge in [0.15, 0.2) is 0 Å². The fraction of sp³-hybridized carbons (Fsp3) is 0.308. The van der Waals surface area contributed by atoms with Gasteiger partial charge in [-0.2, -0.15) is 0 Å². The SMILES string of the molecule is COc1ccc(COC(=O)C2=C(CSc3nnnn3C)CS[C@@H]3[C@H](NC(=O)Cc4ccccc4)C(=O)N23)cc1. The molecule has 2 atom stereocenters. The zero-order valence-electron chi connectivity index (χ0n) is 21.3. The van der Waals surface area contributed by atoms with Gasteiger partial charge in [0, 0.05) is 18.6 Å². The molecule has 202 valence electrons. The van der Waals surface area contributed by atoms with Crippen LogP contribution in [0, 0.1) is 0 Å². The highest BCUT2D eigenvalue weighted by Crippen LogP contribution is 2.42. The minimum absolute atomic E-state index is 0.0387. The largest absolute Gasteiger partial charge is 0.497 e. The Hall–Kier alpha value is -3.84. The summed E-state index contributed by atoms with van der Waals surface area (Å²) < 4.78 is 12.4. The number of fused-ring (bicyclic) bond motifs is 1. The first-order chi connectivity index (χ1) is 18.9. The number of hydrogen-bond acceptors (Lipinski definition) is 10. The molecule has 11 nitrogen and oxygen atoms in total. The molecule has 0 saturated carbocycles. The zero-order valence-corrected chi connectivity index (χ0v) is 22.9. The van der Waals surface area contributed by atoms with Crippen LogP contribution in [0.3, 0.4) is 0 Å².